The molecule has 23 heavy (non-hydrogen) atoms. The topological polar surface area (TPSA) is 94.9 Å². The summed E-state index contributed by atoms with van der Waals surface area (Å²) in [6.07, 6.45) is 0. The molecular formula is C16H18N4O2S. The summed E-state index contributed by atoms with van der Waals surface area (Å²) in [6.45, 7) is 4.16. The number of hydrogen-bond donors (Lipinski definition) is 2. The molecule has 0 aliphatic rings. The third-order valence-electron chi connectivity index (χ3n) is 3.43. The molecule has 0 unspecified atom stereocenters. The second-order valence-electron chi connectivity index (χ2n) is 5.09. The number of anilines is 1. The van der Waals surface area contributed by atoms with Gasteiger partial charge < -0.3 is 5.32 Å². The van der Waals surface area contributed by atoms with Crippen LogP contribution in [-0.2, 0) is 16.6 Å². The number of nitriles is 1. The minimum atomic E-state index is -3.43. The highest BCUT2D eigenvalue weighted by Gasteiger charge is 2.11. The van der Waals surface area contributed by atoms with E-state index in [0.29, 0.717) is 17.8 Å². The molecule has 0 saturated heterocycles. The Morgan fingerprint density at radius 1 is 1.22 bits per heavy atom. The van der Waals surface area contributed by atoms with Crippen LogP contribution in [-0.4, -0.2) is 20.4 Å². The first-order chi connectivity index (χ1) is 10.9. The van der Waals surface area contributed by atoms with Gasteiger partial charge in [-0.05, 0) is 44.7 Å². The third-order valence-corrected chi connectivity index (χ3v) is 4.86. The molecule has 0 aliphatic carbocycles. The molecule has 1 heterocycles. The van der Waals surface area contributed by atoms with Crippen LogP contribution < -0.4 is 10.0 Å². The van der Waals surface area contributed by atoms with Gasteiger partial charge in [0.15, 0.2) is 0 Å². The van der Waals surface area contributed by atoms with Gasteiger partial charge in [-0.25, -0.2) is 13.1 Å². The molecular weight excluding hydrogens is 312 g/mol. The fraction of sp³-hybridized carbons (Fsp3) is 0.250. The van der Waals surface area contributed by atoms with Crippen molar-refractivity contribution in [2.45, 2.75) is 25.3 Å². The molecule has 120 valence electrons. The van der Waals surface area contributed by atoms with Crippen LogP contribution in [0.1, 0.15) is 22.5 Å². The van der Waals surface area contributed by atoms with Crippen LogP contribution in [0.4, 0.5) is 5.69 Å². The van der Waals surface area contributed by atoms with Crippen molar-refractivity contribution in [1.82, 2.24) is 9.71 Å². The SMILES string of the molecule is CNS(=O)(=O)c1ccc(CNc2cc(C)nc(C)c2C#N)cc1. The molecule has 6 nitrogen and oxygen atoms in total. The largest absolute Gasteiger partial charge is 0.380 e. The third kappa shape index (κ3) is 3.86. The highest BCUT2D eigenvalue weighted by Crippen LogP contribution is 2.20. The second-order valence-corrected chi connectivity index (χ2v) is 6.98. The summed E-state index contributed by atoms with van der Waals surface area (Å²) in [5.74, 6) is 0. The number of sulfonamides is 1. The number of nitrogens with one attached hydrogen (secondary N) is 2. The number of nitrogens with zero attached hydrogens (tertiary/aromatic N) is 2. The molecule has 0 bridgehead atoms. The molecule has 1 aromatic heterocycles. The lowest BCUT2D eigenvalue weighted by molar-refractivity contribution is 0.588. The van der Waals surface area contributed by atoms with Crippen LogP contribution in [0.3, 0.4) is 0 Å². The summed E-state index contributed by atoms with van der Waals surface area (Å²) >= 11 is 0. The molecule has 0 amide bonds. The molecule has 0 saturated carbocycles. The molecule has 2 aromatic rings. The predicted octanol–water partition coefficient (Wildman–Crippen LogP) is 2.09. The summed E-state index contributed by atoms with van der Waals surface area (Å²) in [6, 6.07) is 10.6. The predicted molar refractivity (Wildman–Crippen MR) is 88.4 cm³/mol. The summed E-state index contributed by atoms with van der Waals surface area (Å²) in [5, 5.41) is 12.4. The maximum Gasteiger partial charge on any atom is 0.240 e. The average molecular weight is 330 g/mol. The number of rotatable bonds is 5. The highest BCUT2D eigenvalue weighted by atomic mass is 32.2. The summed E-state index contributed by atoms with van der Waals surface area (Å²) < 4.78 is 25.6. The minimum absolute atomic E-state index is 0.220. The van der Waals surface area contributed by atoms with Gasteiger partial charge in [0.2, 0.25) is 10.0 Å². The Morgan fingerprint density at radius 2 is 1.87 bits per heavy atom. The molecule has 7 heteroatoms. The standard InChI is InChI=1S/C16H18N4O2S/c1-11-8-16(15(9-17)12(2)20-11)19-10-13-4-6-14(7-5-13)23(21,22)18-3/h4-8,18H,10H2,1-3H3,(H,19,20). The van der Waals surface area contributed by atoms with Gasteiger partial charge in [-0.1, -0.05) is 12.1 Å². The van der Waals surface area contributed by atoms with Crippen molar-refractivity contribution in [3.05, 3.63) is 52.8 Å². The molecule has 2 rings (SSSR count). The lowest BCUT2D eigenvalue weighted by atomic mass is 10.1. The second kappa shape index (κ2) is 6.77. The van der Waals surface area contributed by atoms with Gasteiger partial charge in [0, 0.05) is 12.2 Å². The molecule has 0 atom stereocenters. The zero-order chi connectivity index (χ0) is 17.0. The molecule has 0 fully saturated rings. The summed E-state index contributed by atoms with van der Waals surface area (Å²) in [7, 11) is -2.05. The molecule has 1 aromatic carbocycles. The van der Waals surface area contributed by atoms with Crippen molar-refractivity contribution in [2.24, 2.45) is 0 Å². The summed E-state index contributed by atoms with van der Waals surface area (Å²) in [4.78, 5) is 4.49. The van der Waals surface area contributed by atoms with Gasteiger partial charge in [0.25, 0.3) is 0 Å². The molecule has 0 radical (unpaired) electrons. The summed E-state index contributed by atoms with van der Waals surface area (Å²) in [5.41, 5.74) is 3.68. The van der Waals surface area contributed by atoms with Crippen molar-refractivity contribution in [1.29, 1.82) is 5.26 Å². The van der Waals surface area contributed by atoms with Crippen molar-refractivity contribution < 1.29 is 8.42 Å². The fourth-order valence-corrected chi connectivity index (χ4v) is 2.94. The van der Waals surface area contributed by atoms with Gasteiger partial charge in [-0.15, -0.1) is 0 Å². The smallest absolute Gasteiger partial charge is 0.240 e. The molecule has 0 aliphatic heterocycles. The van der Waals surface area contributed by atoms with E-state index in [1.165, 1.54) is 7.05 Å². The maximum absolute atomic E-state index is 11.7. The van der Waals surface area contributed by atoms with Crippen LogP contribution in [0.5, 0.6) is 0 Å². The Balaban J connectivity index is 2.18. The van der Waals surface area contributed by atoms with E-state index in [-0.39, 0.29) is 4.90 Å². The monoisotopic (exact) mass is 330 g/mol. The van der Waals surface area contributed by atoms with Gasteiger partial charge in [-0.3, -0.25) is 4.98 Å². The van der Waals surface area contributed by atoms with Crippen LogP contribution in [0.25, 0.3) is 0 Å². The fourth-order valence-electron chi connectivity index (χ4n) is 2.21. The lowest BCUT2D eigenvalue weighted by Gasteiger charge is -2.11. The van der Waals surface area contributed by atoms with Crippen LogP contribution >= 0.6 is 0 Å². The highest BCUT2D eigenvalue weighted by molar-refractivity contribution is 7.89. The van der Waals surface area contributed by atoms with E-state index in [4.69, 9.17) is 0 Å². The Bertz CT molecular complexity index is 853. The quantitative estimate of drug-likeness (QED) is 0.875. The van der Waals surface area contributed by atoms with E-state index in [2.05, 4.69) is 21.1 Å². The van der Waals surface area contributed by atoms with E-state index in [0.717, 1.165) is 16.9 Å². The van der Waals surface area contributed by atoms with Gasteiger partial charge in [0.05, 0.1) is 21.8 Å². The van der Waals surface area contributed by atoms with Crippen LogP contribution in [0.15, 0.2) is 35.2 Å². The zero-order valence-electron chi connectivity index (χ0n) is 13.2. The zero-order valence-corrected chi connectivity index (χ0v) is 14.0. The Morgan fingerprint density at radius 3 is 2.43 bits per heavy atom. The Kier molecular flexibility index (Phi) is 4.98. The number of pyridine rings is 1. The Labute approximate surface area is 136 Å². The van der Waals surface area contributed by atoms with Crippen molar-refractivity contribution >= 4 is 15.7 Å². The molecule has 0 spiro atoms. The van der Waals surface area contributed by atoms with E-state index in [1.54, 1.807) is 31.2 Å². The first-order valence-electron chi connectivity index (χ1n) is 7.02. The molecule has 2 N–H and O–H groups in total. The van der Waals surface area contributed by atoms with Crippen molar-refractivity contribution in [2.75, 3.05) is 12.4 Å². The number of benzene rings is 1. The average Bonchev–Trinajstić information content (AvgIpc) is 2.53. The van der Waals surface area contributed by atoms with Crippen molar-refractivity contribution in [3.63, 3.8) is 0 Å². The van der Waals surface area contributed by atoms with Gasteiger partial charge >= 0.3 is 0 Å². The first kappa shape index (κ1) is 16.9. The van der Waals surface area contributed by atoms with Gasteiger partial charge in [-0.2, -0.15) is 5.26 Å². The first-order valence-corrected chi connectivity index (χ1v) is 8.50. The number of aryl methyl sites for hydroxylation is 2. The minimum Gasteiger partial charge on any atom is -0.380 e. The van der Waals surface area contributed by atoms with E-state index in [9.17, 15) is 13.7 Å². The van der Waals surface area contributed by atoms with Crippen LogP contribution in [0.2, 0.25) is 0 Å². The van der Waals surface area contributed by atoms with Crippen LogP contribution in [0, 0.1) is 25.2 Å². The number of hydrogen-bond acceptors (Lipinski definition) is 5. The van der Waals surface area contributed by atoms with E-state index < -0.39 is 10.0 Å². The lowest BCUT2D eigenvalue weighted by Crippen LogP contribution is -2.18. The normalized spacial score (nSPS) is 11.0. The Hall–Kier alpha value is -2.43. The van der Waals surface area contributed by atoms with E-state index >= 15 is 0 Å². The van der Waals surface area contributed by atoms with Gasteiger partial charge in [0.1, 0.15) is 6.07 Å². The van der Waals surface area contributed by atoms with E-state index in [1.807, 2.05) is 13.0 Å². The van der Waals surface area contributed by atoms with Crippen molar-refractivity contribution in [3.8, 4) is 6.07 Å². The number of aromatic nitrogens is 1. The maximum atomic E-state index is 11.7.